The number of benzene rings is 1. The molecule has 2 nitrogen and oxygen atoms in total. The van der Waals surface area contributed by atoms with Crippen LogP contribution in [0.5, 0.6) is 0 Å². The van der Waals surface area contributed by atoms with E-state index < -0.39 is 0 Å². The third-order valence-corrected chi connectivity index (χ3v) is 5.48. The van der Waals surface area contributed by atoms with E-state index in [9.17, 15) is 0 Å². The molecule has 0 fully saturated rings. The molecule has 1 heterocycles. The molecule has 0 aliphatic heterocycles. The Morgan fingerprint density at radius 2 is 1.90 bits per heavy atom. The second-order valence-electron chi connectivity index (χ2n) is 6.04. The van der Waals surface area contributed by atoms with E-state index in [0.717, 1.165) is 13.0 Å². The average Bonchev–Trinajstić information content (AvgIpc) is 2.87. The third kappa shape index (κ3) is 3.60. The number of nitrogens with two attached hydrogens (primary N) is 1. The molecule has 0 amide bonds. The topological polar surface area (TPSA) is 29.3 Å². The Kier molecular flexibility index (Phi) is 5.19. The summed E-state index contributed by atoms with van der Waals surface area (Å²) in [6, 6.07) is 11.7. The van der Waals surface area contributed by atoms with Gasteiger partial charge < -0.3 is 5.73 Å². The van der Waals surface area contributed by atoms with E-state index in [2.05, 4.69) is 63.1 Å². The van der Waals surface area contributed by atoms with E-state index in [0.29, 0.717) is 18.0 Å². The molecule has 0 radical (unpaired) electrons. The standard InChI is InChI=1S/C17H26N2S/c1-12(2)15(18)9-10-19(4)13(3)17-11-14-7-5-6-8-16(14)20-17/h5-8,11-13,15H,9-10,18H2,1-4H3. The lowest BCUT2D eigenvalue weighted by molar-refractivity contribution is 0.246. The third-order valence-electron chi connectivity index (χ3n) is 4.19. The highest BCUT2D eigenvalue weighted by Gasteiger charge is 2.16. The molecule has 2 N–H and O–H groups in total. The lowest BCUT2D eigenvalue weighted by atomic mass is 10.0. The molecule has 2 aromatic rings. The first-order valence-corrected chi connectivity index (χ1v) is 8.25. The van der Waals surface area contributed by atoms with Crippen LogP contribution in [0.3, 0.4) is 0 Å². The average molecular weight is 290 g/mol. The molecular weight excluding hydrogens is 264 g/mol. The van der Waals surface area contributed by atoms with Crippen molar-refractivity contribution >= 4 is 21.4 Å². The van der Waals surface area contributed by atoms with Gasteiger partial charge in [-0.05, 0) is 50.4 Å². The molecule has 1 aromatic carbocycles. The van der Waals surface area contributed by atoms with Crippen molar-refractivity contribution in [1.29, 1.82) is 0 Å². The summed E-state index contributed by atoms with van der Waals surface area (Å²) in [5.74, 6) is 0.558. The number of nitrogens with zero attached hydrogens (tertiary/aromatic N) is 1. The van der Waals surface area contributed by atoms with E-state index in [1.807, 2.05) is 11.3 Å². The quantitative estimate of drug-likeness (QED) is 0.861. The SMILES string of the molecule is CC(C)C(N)CCN(C)C(C)c1cc2ccccc2s1. The highest BCUT2D eigenvalue weighted by molar-refractivity contribution is 7.19. The summed E-state index contributed by atoms with van der Waals surface area (Å²) >= 11 is 1.90. The molecule has 0 spiro atoms. The van der Waals surface area contributed by atoms with Crippen LogP contribution < -0.4 is 5.73 Å². The highest BCUT2D eigenvalue weighted by Crippen LogP contribution is 2.32. The molecule has 0 bridgehead atoms. The fraction of sp³-hybridized carbons (Fsp3) is 0.529. The molecule has 0 saturated carbocycles. The van der Waals surface area contributed by atoms with Crippen molar-refractivity contribution in [2.24, 2.45) is 11.7 Å². The lowest BCUT2D eigenvalue weighted by Gasteiger charge is -2.26. The molecule has 20 heavy (non-hydrogen) atoms. The minimum absolute atomic E-state index is 0.298. The fourth-order valence-corrected chi connectivity index (χ4v) is 3.49. The van der Waals surface area contributed by atoms with E-state index >= 15 is 0 Å². The molecule has 2 atom stereocenters. The maximum absolute atomic E-state index is 6.14. The summed E-state index contributed by atoms with van der Waals surface area (Å²) in [6.07, 6.45) is 1.06. The number of hydrogen-bond donors (Lipinski definition) is 1. The Morgan fingerprint density at radius 1 is 1.20 bits per heavy atom. The van der Waals surface area contributed by atoms with Gasteiger partial charge in [-0.15, -0.1) is 11.3 Å². The van der Waals surface area contributed by atoms with Crippen LogP contribution in [-0.2, 0) is 0 Å². The van der Waals surface area contributed by atoms with Crippen LogP contribution in [0.2, 0.25) is 0 Å². The maximum Gasteiger partial charge on any atom is 0.0410 e. The van der Waals surface area contributed by atoms with Gasteiger partial charge in [0, 0.05) is 21.7 Å². The van der Waals surface area contributed by atoms with Gasteiger partial charge in [0.25, 0.3) is 0 Å². The van der Waals surface area contributed by atoms with Gasteiger partial charge >= 0.3 is 0 Å². The number of hydrogen-bond acceptors (Lipinski definition) is 3. The summed E-state index contributed by atoms with van der Waals surface area (Å²) in [7, 11) is 2.20. The first-order valence-electron chi connectivity index (χ1n) is 7.43. The largest absolute Gasteiger partial charge is 0.327 e. The van der Waals surface area contributed by atoms with Gasteiger partial charge in [-0.3, -0.25) is 4.90 Å². The van der Waals surface area contributed by atoms with E-state index in [1.165, 1.54) is 15.0 Å². The van der Waals surface area contributed by atoms with Crippen LogP contribution in [0.4, 0.5) is 0 Å². The number of rotatable bonds is 6. The molecule has 110 valence electrons. The summed E-state index contributed by atoms with van der Waals surface area (Å²) in [5.41, 5.74) is 6.14. The molecule has 2 unspecified atom stereocenters. The lowest BCUT2D eigenvalue weighted by Crippen LogP contribution is -2.32. The Morgan fingerprint density at radius 3 is 2.55 bits per heavy atom. The molecule has 0 aliphatic carbocycles. The minimum atomic E-state index is 0.298. The van der Waals surface area contributed by atoms with Crippen molar-refractivity contribution in [1.82, 2.24) is 4.90 Å². The summed E-state index contributed by atoms with van der Waals surface area (Å²) in [4.78, 5) is 3.85. The molecular formula is C17H26N2S. The molecule has 1 aromatic heterocycles. The summed E-state index contributed by atoms with van der Waals surface area (Å²) < 4.78 is 1.38. The molecule has 0 aliphatic rings. The van der Waals surface area contributed by atoms with Gasteiger partial charge in [0.1, 0.15) is 0 Å². The monoisotopic (exact) mass is 290 g/mol. The van der Waals surface area contributed by atoms with Crippen LogP contribution in [-0.4, -0.2) is 24.5 Å². The van der Waals surface area contributed by atoms with Crippen molar-refractivity contribution in [3.63, 3.8) is 0 Å². The zero-order chi connectivity index (χ0) is 14.7. The van der Waals surface area contributed by atoms with Gasteiger partial charge in [-0.25, -0.2) is 0 Å². The molecule has 0 saturated heterocycles. The Bertz CT molecular complexity index is 514. The highest BCUT2D eigenvalue weighted by atomic mass is 32.1. The smallest absolute Gasteiger partial charge is 0.0410 e. The fourth-order valence-electron chi connectivity index (χ4n) is 2.31. The minimum Gasteiger partial charge on any atom is -0.327 e. The van der Waals surface area contributed by atoms with Gasteiger partial charge in [0.2, 0.25) is 0 Å². The van der Waals surface area contributed by atoms with Crippen molar-refractivity contribution in [2.45, 2.75) is 39.3 Å². The maximum atomic E-state index is 6.14. The first kappa shape index (κ1) is 15.5. The van der Waals surface area contributed by atoms with Crippen LogP contribution in [0.1, 0.15) is 38.1 Å². The normalized spacial score (nSPS) is 15.2. The van der Waals surface area contributed by atoms with Crippen molar-refractivity contribution in [2.75, 3.05) is 13.6 Å². The second kappa shape index (κ2) is 6.70. The van der Waals surface area contributed by atoms with Gasteiger partial charge in [0.05, 0.1) is 0 Å². The number of fused-ring (bicyclic) bond motifs is 1. The zero-order valence-electron chi connectivity index (χ0n) is 13.0. The van der Waals surface area contributed by atoms with Gasteiger partial charge in [-0.2, -0.15) is 0 Å². The van der Waals surface area contributed by atoms with Gasteiger partial charge in [-0.1, -0.05) is 32.0 Å². The van der Waals surface area contributed by atoms with Crippen LogP contribution in [0.15, 0.2) is 30.3 Å². The van der Waals surface area contributed by atoms with E-state index in [-0.39, 0.29) is 0 Å². The molecule has 3 heteroatoms. The number of thiophene rings is 1. The van der Waals surface area contributed by atoms with E-state index in [4.69, 9.17) is 5.73 Å². The van der Waals surface area contributed by atoms with Crippen LogP contribution >= 0.6 is 11.3 Å². The van der Waals surface area contributed by atoms with Gasteiger partial charge in [0.15, 0.2) is 0 Å². The van der Waals surface area contributed by atoms with Crippen molar-refractivity contribution in [3.8, 4) is 0 Å². The molecule has 2 rings (SSSR count). The van der Waals surface area contributed by atoms with Crippen molar-refractivity contribution in [3.05, 3.63) is 35.2 Å². The summed E-state index contributed by atoms with van der Waals surface area (Å²) in [5, 5.41) is 1.35. The second-order valence-corrected chi connectivity index (χ2v) is 7.16. The zero-order valence-corrected chi connectivity index (χ0v) is 13.8. The van der Waals surface area contributed by atoms with Crippen LogP contribution in [0.25, 0.3) is 10.1 Å². The Balaban J connectivity index is 2.00. The first-order chi connectivity index (χ1) is 9.49. The summed E-state index contributed by atoms with van der Waals surface area (Å²) in [6.45, 7) is 7.72. The predicted molar refractivity (Wildman–Crippen MR) is 90.3 cm³/mol. The van der Waals surface area contributed by atoms with Crippen molar-refractivity contribution < 1.29 is 0 Å². The van der Waals surface area contributed by atoms with Crippen LogP contribution in [0, 0.1) is 5.92 Å². The van der Waals surface area contributed by atoms with E-state index in [1.54, 1.807) is 0 Å². The Labute approximate surface area is 126 Å². The predicted octanol–water partition coefficient (Wildman–Crippen LogP) is 4.27. The Hall–Kier alpha value is -0.900.